The van der Waals surface area contributed by atoms with Crippen LogP contribution in [0.15, 0.2) is 18.3 Å². The number of hydrogen-bond acceptors (Lipinski definition) is 3. The van der Waals surface area contributed by atoms with E-state index in [4.69, 9.17) is 11.5 Å². The highest BCUT2D eigenvalue weighted by atomic mass is 19.4. The highest BCUT2D eigenvalue weighted by Gasteiger charge is 2.30. The molecule has 0 saturated heterocycles. The molecule has 1 rings (SSSR count). The van der Waals surface area contributed by atoms with Crippen LogP contribution in [0.2, 0.25) is 0 Å². The third kappa shape index (κ3) is 3.21. The Morgan fingerprint density at radius 3 is 2.43 bits per heavy atom. The molecule has 0 unspecified atom stereocenters. The fraction of sp³-hybridized carbons (Fsp3) is 0.375. The van der Waals surface area contributed by atoms with Gasteiger partial charge in [0.2, 0.25) is 0 Å². The van der Waals surface area contributed by atoms with E-state index in [0.717, 1.165) is 0 Å². The number of halogens is 3. The number of nitrogens with zero attached hydrogens (tertiary/aromatic N) is 1. The summed E-state index contributed by atoms with van der Waals surface area (Å²) in [5.41, 5.74) is 10.9. The van der Waals surface area contributed by atoms with E-state index in [2.05, 4.69) is 4.98 Å². The molecule has 14 heavy (non-hydrogen) atoms. The van der Waals surface area contributed by atoms with Gasteiger partial charge in [-0.1, -0.05) is 6.07 Å². The van der Waals surface area contributed by atoms with Crippen molar-refractivity contribution in [2.45, 2.75) is 18.6 Å². The molecule has 4 N–H and O–H groups in total. The number of nitrogens with two attached hydrogens (primary N) is 2. The third-order valence-corrected chi connectivity index (χ3v) is 1.69. The highest BCUT2D eigenvalue weighted by Crippen LogP contribution is 2.27. The molecule has 0 aromatic carbocycles. The Morgan fingerprint density at radius 2 is 2.00 bits per heavy atom. The molecule has 0 spiro atoms. The molecule has 0 aliphatic rings. The lowest BCUT2D eigenvalue weighted by molar-refractivity contribution is -0.138. The van der Waals surface area contributed by atoms with Crippen LogP contribution < -0.4 is 11.5 Å². The largest absolute Gasteiger partial charge is 0.390 e. The van der Waals surface area contributed by atoms with Crippen molar-refractivity contribution in [2.24, 2.45) is 5.73 Å². The molecule has 6 heteroatoms. The van der Waals surface area contributed by atoms with Crippen molar-refractivity contribution in [1.29, 1.82) is 0 Å². The van der Waals surface area contributed by atoms with Crippen LogP contribution >= 0.6 is 0 Å². The van der Waals surface area contributed by atoms with Crippen LogP contribution in [0.1, 0.15) is 18.0 Å². The fourth-order valence-corrected chi connectivity index (χ4v) is 1.00. The summed E-state index contributed by atoms with van der Waals surface area (Å²) in [6.45, 7) is 0. The lowest BCUT2D eigenvalue weighted by Crippen LogP contribution is -2.20. The Hall–Kier alpha value is -1.30. The smallest absolute Gasteiger partial charge is 0.384 e. The Kier molecular flexibility index (Phi) is 2.95. The zero-order valence-corrected chi connectivity index (χ0v) is 7.25. The summed E-state index contributed by atoms with van der Waals surface area (Å²) >= 11 is 0. The molecule has 0 aliphatic heterocycles. The summed E-state index contributed by atoms with van der Waals surface area (Å²) in [6, 6.07) is 1.78. The molecular formula is C8H10F3N3. The van der Waals surface area contributed by atoms with Crippen molar-refractivity contribution < 1.29 is 13.2 Å². The minimum Gasteiger partial charge on any atom is -0.384 e. The summed E-state index contributed by atoms with van der Waals surface area (Å²) in [5.74, 6) is 0.257. The van der Waals surface area contributed by atoms with Gasteiger partial charge >= 0.3 is 6.18 Å². The van der Waals surface area contributed by atoms with Crippen LogP contribution in [0.4, 0.5) is 19.0 Å². The van der Waals surface area contributed by atoms with Crippen molar-refractivity contribution >= 4 is 5.82 Å². The quantitative estimate of drug-likeness (QED) is 0.770. The predicted molar refractivity (Wildman–Crippen MR) is 46.2 cm³/mol. The number of hydrogen-bond donors (Lipinski definition) is 2. The maximum absolute atomic E-state index is 11.9. The number of nitrogen functional groups attached to an aromatic ring is 1. The van der Waals surface area contributed by atoms with E-state index in [1.54, 1.807) is 0 Å². The van der Waals surface area contributed by atoms with E-state index < -0.39 is 18.6 Å². The molecule has 0 aliphatic carbocycles. The van der Waals surface area contributed by atoms with Gasteiger partial charge in [-0.05, 0) is 11.6 Å². The number of pyridine rings is 1. The van der Waals surface area contributed by atoms with E-state index in [9.17, 15) is 13.2 Å². The van der Waals surface area contributed by atoms with Crippen LogP contribution in [-0.4, -0.2) is 11.2 Å². The first-order chi connectivity index (χ1) is 6.38. The minimum absolute atomic E-state index is 0.257. The highest BCUT2D eigenvalue weighted by molar-refractivity contribution is 5.30. The van der Waals surface area contributed by atoms with Gasteiger partial charge in [-0.3, -0.25) is 0 Å². The molecule has 1 aromatic heterocycles. The second kappa shape index (κ2) is 3.83. The van der Waals surface area contributed by atoms with Crippen molar-refractivity contribution in [3.05, 3.63) is 23.9 Å². The Balaban J connectivity index is 2.70. The van der Waals surface area contributed by atoms with Gasteiger partial charge in [0.1, 0.15) is 5.82 Å². The van der Waals surface area contributed by atoms with Gasteiger partial charge in [0.15, 0.2) is 0 Å². The minimum atomic E-state index is -4.26. The van der Waals surface area contributed by atoms with Crippen molar-refractivity contribution in [3.8, 4) is 0 Å². The van der Waals surface area contributed by atoms with Crippen molar-refractivity contribution in [2.75, 3.05) is 5.73 Å². The Morgan fingerprint density at radius 1 is 1.36 bits per heavy atom. The lowest BCUT2D eigenvalue weighted by Gasteiger charge is -2.13. The predicted octanol–water partition coefficient (Wildman–Crippen LogP) is 1.62. The molecule has 1 heterocycles. The molecule has 0 bridgehead atoms. The molecule has 3 nitrogen and oxygen atoms in total. The second-order valence-electron chi connectivity index (χ2n) is 2.94. The first-order valence-electron chi connectivity index (χ1n) is 3.92. The Labute approximate surface area is 78.9 Å². The SMILES string of the molecule is Nc1ccc([C@@H](N)CC(F)(F)F)cn1. The molecule has 1 atom stereocenters. The molecule has 0 fully saturated rings. The van der Waals surface area contributed by atoms with E-state index in [-0.39, 0.29) is 5.82 Å². The molecule has 0 radical (unpaired) electrons. The lowest BCUT2D eigenvalue weighted by atomic mass is 10.1. The van der Waals surface area contributed by atoms with Crippen LogP contribution in [0.3, 0.4) is 0 Å². The van der Waals surface area contributed by atoms with E-state index in [1.807, 2.05) is 0 Å². The average Bonchev–Trinajstić information content (AvgIpc) is 2.02. The van der Waals surface area contributed by atoms with Gasteiger partial charge in [-0.15, -0.1) is 0 Å². The second-order valence-corrected chi connectivity index (χ2v) is 2.94. The monoisotopic (exact) mass is 205 g/mol. The summed E-state index contributed by atoms with van der Waals surface area (Å²) in [7, 11) is 0. The molecular weight excluding hydrogens is 195 g/mol. The van der Waals surface area contributed by atoms with Gasteiger partial charge in [-0.25, -0.2) is 4.98 Å². The van der Waals surface area contributed by atoms with Crippen molar-refractivity contribution in [3.63, 3.8) is 0 Å². The zero-order valence-electron chi connectivity index (χ0n) is 7.25. The topological polar surface area (TPSA) is 64.9 Å². The molecule has 78 valence electrons. The normalized spacial score (nSPS) is 14.0. The zero-order chi connectivity index (χ0) is 10.8. The maximum atomic E-state index is 11.9. The first kappa shape index (κ1) is 10.8. The fourth-order valence-electron chi connectivity index (χ4n) is 1.00. The van der Waals surface area contributed by atoms with Gasteiger partial charge < -0.3 is 11.5 Å². The molecule has 0 saturated carbocycles. The molecule has 1 aromatic rings. The van der Waals surface area contributed by atoms with Crippen LogP contribution in [0, 0.1) is 0 Å². The standard InChI is InChI=1S/C8H10F3N3/c9-8(10,11)3-6(12)5-1-2-7(13)14-4-5/h1-2,4,6H,3,12H2,(H2,13,14)/t6-/m0/s1. The van der Waals surface area contributed by atoms with Crippen LogP contribution in [0.25, 0.3) is 0 Å². The van der Waals surface area contributed by atoms with E-state index >= 15 is 0 Å². The average molecular weight is 205 g/mol. The summed E-state index contributed by atoms with van der Waals surface area (Å²) < 4.78 is 35.8. The summed E-state index contributed by atoms with van der Waals surface area (Å²) in [5, 5.41) is 0. The summed E-state index contributed by atoms with van der Waals surface area (Å²) in [6.07, 6.45) is -4.06. The summed E-state index contributed by atoms with van der Waals surface area (Å²) in [4.78, 5) is 3.66. The van der Waals surface area contributed by atoms with Crippen LogP contribution in [-0.2, 0) is 0 Å². The van der Waals surface area contributed by atoms with Crippen molar-refractivity contribution in [1.82, 2.24) is 4.98 Å². The molecule has 0 amide bonds. The van der Waals surface area contributed by atoms with E-state index in [1.165, 1.54) is 18.3 Å². The third-order valence-electron chi connectivity index (χ3n) is 1.69. The van der Waals surface area contributed by atoms with Crippen LogP contribution in [0.5, 0.6) is 0 Å². The number of anilines is 1. The number of alkyl halides is 3. The maximum Gasteiger partial charge on any atom is 0.390 e. The number of rotatable bonds is 2. The van der Waals surface area contributed by atoms with Gasteiger partial charge in [0.25, 0.3) is 0 Å². The Bertz CT molecular complexity index is 294. The van der Waals surface area contributed by atoms with Gasteiger partial charge in [-0.2, -0.15) is 13.2 Å². The van der Waals surface area contributed by atoms with E-state index in [0.29, 0.717) is 5.56 Å². The first-order valence-corrected chi connectivity index (χ1v) is 3.92. The van der Waals surface area contributed by atoms with Gasteiger partial charge in [0.05, 0.1) is 6.42 Å². The number of aromatic nitrogens is 1. The van der Waals surface area contributed by atoms with Gasteiger partial charge in [0, 0.05) is 12.2 Å².